The number of carbonyl (C=O) groups is 1. The summed E-state index contributed by atoms with van der Waals surface area (Å²) in [6.45, 7) is 5.36. The van der Waals surface area contributed by atoms with Gasteiger partial charge in [0.2, 0.25) is 0 Å². The zero-order chi connectivity index (χ0) is 19.0. The van der Waals surface area contributed by atoms with E-state index in [9.17, 15) is 4.79 Å². The Morgan fingerprint density at radius 3 is 2.59 bits per heavy atom. The molecule has 0 spiro atoms. The Morgan fingerprint density at radius 2 is 2.14 bits per heavy atom. The molecule has 122 valence electrons. The Kier molecular flexibility index (Phi) is 4.08. The van der Waals surface area contributed by atoms with E-state index < -0.39 is 30.1 Å². The number of benzene rings is 1. The van der Waals surface area contributed by atoms with E-state index in [4.69, 9.17) is 25.2 Å². The maximum absolute atomic E-state index is 12.9. The molecule has 1 atom stereocenters. The number of methoxy groups -OCH3 is 1. The summed E-state index contributed by atoms with van der Waals surface area (Å²) in [5.74, 6) is -0.424. The van der Waals surface area contributed by atoms with Gasteiger partial charge in [0.25, 0.3) is 0 Å². The summed E-state index contributed by atoms with van der Waals surface area (Å²) >= 11 is 9.38. The molecule has 2 rings (SSSR count). The maximum Gasteiger partial charge on any atom is 0.315 e. The maximum atomic E-state index is 12.9. The van der Waals surface area contributed by atoms with Crippen molar-refractivity contribution in [1.82, 2.24) is 0 Å². The fraction of sp³-hybridized carbons (Fsp3) is 0.588. The van der Waals surface area contributed by atoms with Gasteiger partial charge in [-0.25, -0.2) is 0 Å². The van der Waals surface area contributed by atoms with E-state index in [2.05, 4.69) is 15.9 Å². The molecule has 1 aromatic rings. The zero-order valence-electron chi connectivity index (χ0n) is 15.9. The molecule has 5 heteroatoms. The molecule has 22 heavy (non-hydrogen) atoms. The average Bonchev–Trinajstić information content (AvgIpc) is 2.36. The summed E-state index contributed by atoms with van der Waals surface area (Å²) < 4.78 is 34.2. The van der Waals surface area contributed by atoms with E-state index >= 15 is 0 Å². The van der Waals surface area contributed by atoms with E-state index in [0.717, 1.165) is 6.42 Å². The Hall–Kier alpha value is -0.580. The standard InChI is InChI=1S/C17H22BrClO3/c1-16(2,3)22-15(20)17(8-5-9-17)14(21-4)11-6-7-13(19)12(18)10-11/h6-7,10,14H,5,8-9H2,1-4H3/i4D3. The highest BCUT2D eigenvalue weighted by Gasteiger charge is 2.53. The van der Waals surface area contributed by atoms with Crippen molar-refractivity contribution in [3.8, 4) is 0 Å². The summed E-state index contributed by atoms with van der Waals surface area (Å²) in [7, 11) is -2.64. The van der Waals surface area contributed by atoms with Crippen molar-refractivity contribution in [3.05, 3.63) is 33.3 Å². The number of ether oxygens (including phenoxy) is 2. The van der Waals surface area contributed by atoms with Crippen molar-refractivity contribution in [1.29, 1.82) is 0 Å². The summed E-state index contributed by atoms with van der Waals surface area (Å²) in [5, 5.41) is 0.497. The van der Waals surface area contributed by atoms with Gasteiger partial charge >= 0.3 is 5.97 Å². The van der Waals surface area contributed by atoms with Crippen LogP contribution in [0.15, 0.2) is 22.7 Å². The number of halogens is 2. The Bertz CT molecular complexity index is 652. The van der Waals surface area contributed by atoms with Crippen molar-refractivity contribution < 1.29 is 18.4 Å². The normalized spacial score (nSPS) is 21.0. The summed E-state index contributed by atoms with van der Waals surface area (Å²) in [6, 6.07) is 5.04. The first-order chi connectivity index (χ1) is 11.3. The van der Waals surface area contributed by atoms with Gasteiger partial charge in [0.1, 0.15) is 5.60 Å². The predicted molar refractivity (Wildman–Crippen MR) is 91.0 cm³/mol. The topological polar surface area (TPSA) is 35.5 Å². The van der Waals surface area contributed by atoms with Crippen molar-refractivity contribution in [2.24, 2.45) is 5.41 Å². The van der Waals surface area contributed by atoms with Crippen LogP contribution in [0.1, 0.15) is 55.8 Å². The van der Waals surface area contributed by atoms with Gasteiger partial charge in [0.15, 0.2) is 0 Å². The van der Waals surface area contributed by atoms with Crippen LogP contribution in [-0.2, 0) is 14.3 Å². The third-order valence-corrected chi connectivity index (χ3v) is 5.13. The molecule has 0 heterocycles. The Morgan fingerprint density at radius 1 is 1.45 bits per heavy atom. The van der Waals surface area contributed by atoms with E-state index in [1.807, 2.05) is 0 Å². The van der Waals surface area contributed by atoms with E-state index in [0.29, 0.717) is 27.9 Å². The third kappa shape index (κ3) is 3.50. The van der Waals surface area contributed by atoms with Gasteiger partial charge in [-0.3, -0.25) is 4.79 Å². The van der Waals surface area contributed by atoms with Crippen LogP contribution < -0.4 is 0 Å². The van der Waals surface area contributed by atoms with Crippen LogP contribution in [0.2, 0.25) is 5.02 Å². The molecule has 1 fully saturated rings. The minimum absolute atomic E-state index is 0.424. The fourth-order valence-corrected chi connectivity index (χ4v) is 3.20. The second-order valence-electron chi connectivity index (χ2n) is 6.68. The lowest BCUT2D eigenvalue weighted by molar-refractivity contribution is -0.187. The minimum atomic E-state index is -2.64. The van der Waals surface area contributed by atoms with E-state index in [-0.39, 0.29) is 0 Å². The molecule has 1 aromatic carbocycles. The molecule has 0 bridgehead atoms. The fourth-order valence-electron chi connectivity index (χ4n) is 2.69. The highest BCUT2D eigenvalue weighted by Crippen LogP contribution is 2.53. The molecule has 1 saturated carbocycles. The number of carbonyl (C=O) groups excluding carboxylic acids is 1. The highest BCUT2D eigenvalue weighted by atomic mass is 79.9. The molecule has 1 aliphatic rings. The molecule has 1 aliphatic carbocycles. The number of esters is 1. The zero-order valence-corrected chi connectivity index (χ0v) is 15.3. The average molecular weight is 393 g/mol. The molecular formula is C17H22BrClO3. The van der Waals surface area contributed by atoms with Crippen LogP contribution in [0, 0.1) is 5.41 Å². The van der Waals surface area contributed by atoms with Gasteiger partial charge in [0, 0.05) is 11.5 Å². The first-order valence-electron chi connectivity index (χ1n) is 8.70. The molecule has 0 amide bonds. The predicted octanol–water partition coefficient (Wildman–Crippen LogP) is 5.30. The summed E-state index contributed by atoms with van der Waals surface area (Å²) in [5.41, 5.74) is -1.09. The van der Waals surface area contributed by atoms with Gasteiger partial charge in [0.05, 0.1) is 20.7 Å². The molecule has 0 aromatic heterocycles. The number of hydrogen-bond acceptors (Lipinski definition) is 3. The second kappa shape index (κ2) is 6.50. The molecule has 3 nitrogen and oxygen atoms in total. The smallest absolute Gasteiger partial charge is 0.315 e. The van der Waals surface area contributed by atoms with Gasteiger partial charge in [-0.1, -0.05) is 24.1 Å². The number of rotatable bonds is 4. The highest BCUT2D eigenvalue weighted by molar-refractivity contribution is 9.10. The Labute approximate surface area is 149 Å². The van der Waals surface area contributed by atoms with Gasteiger partial charge in [-0.2, -0.15) is 0 Å². The minimum Gasteiger partial charge on any atom is -0.459 e. The van der Waals surface area contributed by atoms with Crippen LogP contribution in [-0.4, -0.2) is 18.6 Å². The van der Waals surface area contributed by atoms with Crippen LogP contribution in [0.4, 0.5) is 0 Å². The van der Waals surface area contributed by atoms with Gasteiger partial charge < -0.3 is 9.47 Å². The quantitative estimate of drug-likeness (QED) is 0.652. The number of hydrogen-bond donors (Lipinski definition) is 0. The first-order valence-corrected chi connectivity index (χ1v) is 8.37. The monoisotopic (exact) mass is 391 g/mol. The lowest BCUT2D eigenvalue weighted by Gasteiger charge is -2.45. The largest absolute Gasteiger partial charge is 0.459 e. The van der Waals surface area contributed by atoms with Crippen molar-refractivity contribution in [2.45, 2.75) is 51.7 Å². The molecule has 1 unspecified atom stereocenters. The van der Waals surface area contributed by atoms with Crippen LogP contribution in [0.5, 0.6) is 0 Å². The van der Waals surface area contributed by atoms with Gasteiger partial charge in [-0.05, 0) is 67.2 Å². The molecule has 0 saturated heterocycles. The van der Waals surface area contributed by atoms with E-state index in [1.165, 1.54) is 0 Å². The SMILES string of the molecule is [2H]C([2H])([2H])OC(c1ccc(Cl)c(Br)c1)C1(C(=O)OC(C)(C)C)CCC1. The van der Waals surface area contributed by atoms with Crippen molar-refractivity contribution in [3.63, 3.8) is 0 Å². The van der Waals surface area contributed by atoms with Crippen LogP contribution in [0.25, 0.3) is 0 Å². The van der Waals surface area contributed by atoms with Crippen LogP contribution in [0.3, 0.4) is 0 Å². The van der Waals surface area contributed by atoms with E-state index in [1.54, 1.807) is 39.0 Å². The summed E-state index contributed by atoms with van der Waals surface area (Å²) in [4.78, 5) is 12.9. The molecule has 0 radical (unpaired) electrons. The lowest BCUT2D eigenvalue weighted by atomic mass is 9.63. The molecule has 0 N–H and O–H groups in total. The molecule has 0 aliphatic heterocycles. The lowest BCUT2D eigenvalue weighted by Crippen LogP contribution is -2.47. The van der Waals surface area contributed by atoms with Crippen molar-refractivity contribution >= 4 is 33.5 Å². The van der Waals surface area contributed by atoms with Gasteiger partial charge in [-0.15, -0.1) is 0 Å². The summed E-state index contributed by atoms with van der Waals surface area (Å²) in [6.07, 6.45) is 0.915. The first kappa shape index (κ1) is 13.8. The molecular weight excluding hydrogens is 368 g/mol. The van der Waals surface area contributed by atoms with Crippen LogP contribution >= 0.6 is 27.5 Å². The van der Waals surface area contributed by atoms with Crippen molar-refractivity contribution in [2.75, 3.05) is 7.04 Å². The second-order valence-corrected chi connectivity index (χ2v) is 7.94. The Balaban J connectivity index is 2.45. The third-order valence-electron chi connectivity index (χ3n) is 3.92.